The lowest BCUT2D eigenvalue weighted by Gasteiger charge is -2.10. The van der Waals surface area contributed by atoms with Crippen molar-refractivity contribution in [1.82, 2.24) is 20.2 Å². The SMILES string of the molecule is CC(C)(C)c1nnn(CCC[NH3+])n1. The van der Waals surface area contributed by atoms with Gasteiger partial charge in [-0.05, 0) is 5.21 Å². The first-order valence-electron chi connectivity index (χ1n) is 4.61. The van der Waals surface area contributed by atoms with Crippen LogP contribution >= 0.6 is 0 Å². The molecule has 0 unspecified atom stereocenters. The fraction of sp³-hybridized carbons (Fsp3) is 0.875. The van der Waals surface area contributed by atoms with E-state index in [2.05, 4.69) is 41.9 Å². The maximum atomic E-state index is 4.29. The molecule has 0 bridgehead atoms. The van der Waals surface area contributed by atoms with Crippen LogP contribution in [0.2, 0.25) is 0 Å². The molecule has 13 heavy (non-hydrogen) atoms. The molecule has 1 heterocycles. The Hall–Kier alpha value is -0.970. The second-order valence-corrected chi connectivity index (χ2v) is 4.17. The summed E-state index contributed by atoms with van der Waals surface area (Å²) >= 11 is 0. The van der Waals surface area contributed by atoms with Crippen molar-refractivity contribution in [1.29, 1.82) is 0 Å². The summed E-state index contributed by atoms with van der Waals surface area (Å²) in [5, 5.41) is 12.3. The van der Waals surface area contributed by atoms with Crippen LogP contribution in [-0.2, 0) is 12.0 Å². The lowest BCUT2D eigenvalue weighted by atomic mass is 9.96. The molecular weight excluding hydrogens is 166 g/mol. The molecule has 0 atom stereocenters. The van der Waals surface area contributed by atoms with Crippen LogP contribution in [0, 0.1) is 0 Å². The van der Waals surface area contributed by atoms with Crippen molar-refractivity contribution in [2.24, 2.45) is 0 Å². The van der Waals surface area contributed by atoms with Crippen LogP contribution in [-0.4, -0.2) is 26.8 Å². The van der Waals surface area contributed by atoms with Gasteiger partial charge >= 0.3 is 0 Å². The lowest BCUT2D eigenvalue weighted by Crippen LogP contribution is -2.50. The third-order valence-corrected chi connectivity index (χ3v) is 1.73. The molecule has 0 aliphatic heterocycles. The van der Waals surface area contributed by atoms with Crippen molar-refractivity contribution < 1.29 is 5.73 Å². The number of tetrazole rings is 1. The summed E-state index contributed by atoms with van der Waals surface area (Å²) in [6, 6.07) is 0. The Morgan fingerprint density at radius 3 is 2.54 bits per heavy atom. The molecular formula is C8H18N5+. The second kappa shape index (κ2) is 3.83. The smallest absolute Gasteiger partial charge is 0.180 e. The molecule has 3 N–H and O–H groups in total. The number of rotatable bonds is 3. The zero-order valence-electron chi connectivity index (χ0n) is 8.62. The van der Waals surface area contributed by atoms with E-state index in [4.69, 9.17) is 0 Å². The number of hydrogen-bond acceptors (Lipinski definition) is 3. The molecule has 5 nitrogen and oxygen atoms in total. The van der Waals surface area contributed by atoms with E-state index in [0.29, 0.717) is 0 Å². The Kier molecular flexibility index (Phi) is 2.98. The van der Waals surface area contributed by atoms with E-state index in [1.54, 1.807) is 4.80 Å². The van der Waals surface area contributed by atoms with Crippen LogP contribution in [0.5, 0.6) is 0 Å². The Morgan fingerprint density at radius 1 is 1.38 bits per heavy atom. The predicted octanol–water partition coefficient (Wildman–Crippen LogP) is -0.397. The zero-order valence-corrected chi connectivity index (χ0v) is 8.62. The number of nitrogens with zero attached hydrogens (tertiary/aromatic N) is 4. The highest BCUT2D eigenvalue weighted by Gasteiger charge is 2.19. The first-order valence-corrected chi connectivity index (χ1v) is 4.61. The van der Waals surface area contributed by atoms with Gasteiger partial charge in [-0.2, -0.15) is 4.80 Å². The van der Waals surface area contributed by atoms with Gasteiger partial charge in [0.25, 0.3) is 0 Å². The summed E-state index contributed by atoms with van der Waals surface area (Å²) < 4.78 is 0. The summed E-state index contributed by atoms with van der Waals surface area (Å²) in [5.74, 6) is 0.802. The topological polar surface area (TPSA) is 71.2 Å². The van der Waals surface area contributed by atoms with E-state index in [0.717, 1.165) is 25.3 Å². The molecule has 1 aromatic rings. The van der Waals surface area contributed by atoms with Crippen LogP contribution < -0.4 is 5.73 Å². The molecule has 0 radical (unpaired) electrons. The van der Waals surface area contributed by atoms with Crippen LogP contribution in [0.4, 0.5) is 0 Å². The van der Waals surface area contributed by atoms with Crippen LogP contribution in [0.3, 0.4) is 0 Å². The van der Waals surface area contributed by atoms with Gasteiger partial charge in [-0.3, -0.25) is 0 Å². The molecule has 0 fully saturated rings. The van der Waals surface area contributed by atoms with Crippen molar-refractivity contribution in [3.8, 4) is 0 Å². The number of aryl methyl sites for hydroxylation is 1. The van der Waals surface area contributed by atoms with Crippen molar-refractivity contribution in [2.75, 3.05) is 6.54 Å². The fourth-order valence-corrected chi connectivity index (χ4v) is 0.891. The molecule has 1 rings (SSSR count). The van der Waals surface area contributed by atoms with Gasteiger partial charge in [-0.25, -0.2) is 0 Å². The second-order valence-electron chi connectivity index (χ2n) is 4.17. The molecule has 0 spiro atoms. The molecule has 0 aliphatic carbocycles. The third-order valence-electron chi connectivity index (χ3n) is 1.73. The average molecular weight is 184 g/mol. The molecule has 0 aliphatic rings. The summed E-state index contributed by atoms with van der Waals surface area (Å²) in [7, 11) is 0. The number of aromatic nitrogens is 4. The summed E-state index contributed by atoms with van der Waals surface area (Å²) in [6.07, 6.45) is 1.000. The first kappa shape index (κ1) is 10.1. The number of quaternary nitrogens is 1. The summed E-state index contributed by atoms with van der Waals surface area (Å²) in [4.78, 5) is 1.64. The van der Waals surface area contributed by atoms with Crippen molar-refractivity contribution in [3.63, 3.8) is 0 Å². The van der Waals surface area contributed by atoms with Crippen molar-refractivity contribution in [2.45, 2.75) is 39.2 Å². The van der Waals surface area contributed by atoms with E-state index in [1.165, 1.54) is 0 Å². The van der Waals surface area contributed by atoms with Crippen LogP contribution in [0.25, 0.3) is 0 Å². The van der Waals surface area contributed by atoms with E-state index >= 15 is 0 Å². The Balaban J connectivity index is 2.64. The van der Waals surface area contributed by atoms with Gasteiger partial charge in [0.05, 0.1) is 13.1 Å². The van der Waals surface area contributed by atoms with Crippen LogP contribution in [0.1, 0.15) is 33.0 Å². The minimum Gasteiger partial charge on any atom is -0.358 e. The highest BCUT2D eigenvalue weighted by molar-refractivity contribution is 4.95. The van der Waals surface area contributed by atoms with E-state index in [-0.39, 0.29) is 5.41 Å². The normalized spacial score (nSPS) is 12.0. The third kappa shape index (κ3) is 2.77. The molecule has 0 aromatic carbocycles. The minimum absolute atomic E-state index is 0.0112. The Bertz CT molecular complexity index is 260. The maximum Gasteiger partial charge on any atom is 0.180 e. The highest BCUT2D eigenvalue weighted by atomic mass is 15.6. The molecule has 0 saturated carbocycles. The quantitative estimate of drug-likeness (QED) is 0.695. The number of hydrogen-bond donors (Lipinski definition) is 1. The standard InChI is InChI=1S/C8H17N5/c1-8(2,3)7-10-12-13(11-7)6-4-5-9/h4-6,9H2,1-3H3/p+1. The van der Waals surface area contributed by atoms with Crippen LogP contribution in [0.15, 0.2) is 0 Å². The Morgan fingerprint density at radius 2 is 2.08 bits per heavy atom. The molecule has 0 amide bonds. The fourth-order valence-electron chi connectivity index (χ4n) is 0.891. The van der Waals surface area contributed by atoms with Gasteiger partial charge in [-0.1, -0.05) is 20.8 Å². The molecule has 74 valence electrons. The summed E-state index contributed by atoms with van der Waals surface area (Å²) in [6.45, 7) is 7.96. The van der Waals surface area contributed by atoms with E-state index in [9.17, 15) is 0 Å². The lowest BCUT2D eigenvalue weighted by molar-refractivity contribution is -0.368. The monoisotopic (exact) mass is 184 g/mol. The first-order chi connectivity index (χ1) is 6.04. The molecule has 5 heteroatoms. The molecule has 0 saturated heterocycles. The summed E-state index contributed by atoms with van der Waals surface area (Å²) in [5.41, 5.74) is 3.76. The van der Waals surface area contributed by atoms with Crippen molar-refractivity contribution >= 4 is 0 Å². The van der Waals surface area contributed by atoms with Gasteiger partial charge in [0, 0.05) is 11.8 Å². The zero-order chi connectivity index (χ0) is 9.90. The highest BCUT2D eigenvalue weighted by Crippen LogP contribution is 2.15. The van der Waals surface area contributed by atoms with Gasteiger partial charge in [0.2, 0.25) is 0 Å². The Labute approximate surface area is 78.3 Å². The minimum atomic E-state index is -0.0112. The van der Waals surface area contributed by atoms with E-state index < -0.39 is 0 Å². The maximum absolute atomic E-state index is 4.29. The van der Waals surface area contributed by atoms with Gasteiger partial charge in [-0.15, -0.1) is 10.2 Å². The van der Waals surface area contributed by atoms with E-state index in [1.807, 2.05) is 0 Å². The predicted molar refractivity (Wildman–Crippen MR) is 48.9 cm³/mol. The molecule has 1 aromatic heterocycles. The van der Waals surface area contributed by atoms with Gasteiger partial charge in [0.1, 0.15) is 0 Å². The largest absolute Gasteiger partial charge is 0.358 e. The average Bonchev–Trinajstić information content (AvgIpc) is 2.47. The van der Waals surface area contributed by atoms with Gasteiger partial charge in [0.15, 0.2) is 5.82 Å². The van der Waals surface area contributed by atoms with Crippen molar-refractivity contribution in [3.05, 3.63) is 5.82 Å². The van der Waals surface area contributed by atoms with Gasteiger partial charge < -0.3 is 5.73 Å².